The predicted molar refractivity (Wildman–Crippen MR) is 92.1 cm³/mol. The molecule has 2 fully saturated rings. The number of likely N-dealkylation sites (tertiary alicyclic amines) is 1. The molecule has 3 nitrogen and oxygen atoms in total. The van der Waals surface area contributed by atoms with E-state index in [-0.39, 0.29) is 17.6 Å². The Kier molecular flexibility index (Phi) is 4.79. The van der Waals surface area contributed by atoms with Gasteiger partial charge in [0.05, 0.1) is 19.3 Å². The molecule has 0 N–H and O–H groups in total. The van der Waals surface area contributed by atoms with Crippen molar-refractivity contribution in [3.8, 4) is 0 Å². The van der Waals surface area contributed by atoms with Gasteiger partial charge in [-0.3, -0.25) is 9.69 Å². The average molecular weight is 311 g/mol. The Bertz CT molecular complexity index is 583. The average Bonchev–Trinajstić information content (AvgIpc) is 2.59. The first-order valence-electron chi connectivity index (χ1n) is 8.36. The van der Waals surface area contributed by atoms with Crippen molar-refractivity contribution in [3.05, 3.63) is 61.2 Å². The highest BCUT2D eigenvalue weighted by Crippen LogP contribution is 2.43. The fourth-order valence-electron chi connectivity index (χ4n) is 3.97. The molecule has 1 saturated carbocycles. The lowest BCUT2D eigenvalue weighted by Crippen LogP contribution is -2.61. The van der Waals surface area contributed by atoms with E-state index in [0.29, 0.717) is 18.9 Å². The molecule has 3 atom stereocenters. The fraction of sp³-hybridized carbons (Fsp3) is 0.450. The second-order valence-electron chi connectivity index (χ2n) is 6.63. The summed E-state index contributed by atoms with van der Waals surface area (Å²) in [6.45, 7) is 9.65. The fourth-order valence-corrected chi connectivity index (χ4v) is 3.97. The Balaban J connectivity index is 1.70. The molecule has 0 radical (unpaired) electrons. The summed E-state index contributed by atoms with van der Waals surface area (Å²) >= 11 is 0. The SMILES string of the molecule is C=CCN1CC(=O)[C@H]2C[C@]1(C=C)CC[C@H]2OCc1ccccc1. The van der Waals surface area contributed by atoms with Gasteiger partial charge < -0.3 is 4.74 Å². The van der Waals surface area contributed by atoms with Gasteiger partial charge in [-0.2, -0.15) is 0 Å². The van der Waals surface area contributed by atoms with Crippen LogP contribution in [0.3, 0.4) is 0 Å². The number of carbonyl (C=O) groups excluding carboxylic acids is 1. The zero-order valence-electron chi connectivity index (χ0n) is 13.6. The van der Waals surface area contributed by atoms with Crippen molar-refractivity contribution in [1.29, 1.82) is 0 Å². The van der Waals surface area contributed by atoms with Crippen LogP contribution in [0.2, 0.25) is 0 Å². The topological polar surface area (TPSA) is 29.5 Å². The lowest BCUT2D eigenvalue weighted by molar-refractivity contribution is -0.146. The first kappa shape index (κ1) is 16.2. The third kappa shape index (κ3) is 3.17. The van der Waals surface area contributed by atoms with Crippen LogP contribution in [-0.2, 0) is 16.1 Å². The molecule has 1 saturated heterocycles. The number of fused-ring (bicyclic) bond motifs is 2. The number of carbonyl (C=O) groups is 1. The van der Waals surface area contributed by atoms with Gasteiger partial charge >= 0.3 is 0 Å². The molecule has 3 rings (SSSR count). The first-order chi connectivity index (χ1) is 11.2. The first-order valence-corrected chi connectivity index (χ1v) is 8.36. The normalized spacial score (nSPS) is 30.9. The minimum absolute atomic E-state index is 0.00784. The minimum Gasteiger partial charge on any atom is -0.373 e. The highest BCUT2D eigenvalue weighted by Gasteiger charge is 2.49. The lowest BCUT2D eigenvalue weighted by atomic mass is 9.68. The highest BCUT2D eigenvalue weighted by molar-refractivity contribution is 5.85. The summed E-state index contributed by atoms with van der Waals surface area (Å²) in [6.07, 6.45) is 6.65. The van der Waals surface area contributed by atoms with Crippen molar-refractivity contribution < 1.29 is 9.53 Å². The van der Waals surface area contributed by atoms with Crippen molar-refractivity contribution in [2.75, 3.05) is 13.1 Å². The number of ketones is 1. The summed E-state index contributed by atoms with van der Waals surface area (Å²) in [7, 11) is 0. The molecule has 0 aromatic heterocycles. The molecule has 0 spiro atoms. The summed E-state index contributed by atoms with van der Waals surface area (Å²) in [4.78, 5) is 14.8. The number of hydrogen-bond donors (Lipinski definition) is 0. The van der Waals surface area contributed by atoms with Crippen molar-refractivity contribution in [3.63, 3.8) is 0 Å². The van der Waals surface area contributed by atoms with Gasteiger partial charge in [0, 0.05) is 18.0 Å². The minimum atomic E-state index is -0.0701. The van der Waals surface area contributed by atoms with Crippen LogP contribution in [0.1, 0.15) is 24.8 Å². The largest absolute Gasteiger partial charge is 0.373 e. The molecule has 1 aliphatic carbocycles. The highest BCUT2D eigenvalue weighted by atomic mass is 16.5. The monoisotopic (exact) mass is 311 g/mol. The second-order valence-corrected chi connectivity index (χ2v) is 6.63. The summed E-state index contributed by atoms with van der Waals surface area (Å²) in [6, 6.07) is 10.2. The zero-order chi connectivity index (χ0) is 16.3. The van der Waals surface area contributed by atoms with E-state index in [4.69, 9.17) is 4.74 Å². The van der Waals surface area contributed by atoms with Gasteiger partial charge in [-0.05, 0) is 24.8 Å². The molecule has 1 aliphatic heterocycles. The maximum atomic E-state index is 12.6. The molecule has 1 heterocycles. The third-order valence-corrected chi connectivity index (χ3v) is 5.31. The molecule has 1 aromatic rings. The Labute approximate surface area is 138 Å². The van der Waals surface area contributed by atoms with Gasteiger partial charge in [0.2, 0.25) is 0 Å². The number of nitrogens with zero attached hydrogens (tertiary/aromatic N) is 1. The molecular formula is C20H25NO2. The molecule has 2 bridgehead atoms. The number of benzene rings is 1. The van der Waals surface area contributed by atoms with Gasteiger partial charge in [0.15, 0.2) is 5.78 Å². The van der Waals surface area contributed by atoms with E-state index in [1.54, 1.807) is 0 Å². The van der Waals surface area contributed by atoms with Gasteiger partial charge in [-0.1, -0.05) is 42.5 Å². The van der Waals surface area contributed by atoms with E-state index >= 15 is 0 Å². The van der Waals surface area contributed by atoms with Gasteiger partial charge in [0.25, 0.3) is 0 Å². The van der Waals surface area contributed by atoms with Crippen LogP contribution in [0, 0.1) is 5.92 Å². The van der Waals surface area contributed by atoms with E-state index in [2.05, 4.69) is 30.2 Å². The Morgan fingerprint density at radius 2 is 2.09 bits per heavy atom. The van der Waals surface area contributed by atoms with Crippen LogP contribution in [0.4, 0.5) is 0 Å². The summed E-state index contributed by atoms with van der Waals surface area (Å²) in [5, 5.41) is 0. The molecule has 2 aliphatic rings. The van der Waals surface area contributed by atoms with E-state index in [0.717, 1.165) is 31.4 Å². The number of rotatable bonds is 6. The van der Waals surface area contributed by atoms with E-state index < -0.39 is 0 Å². The molecule has 122 valence electrons. The van der Waals surface area contributed by atoms with E-state index in [1.165, 1.54) is 0 Å². The predicted octanol–water partition coefficient (Wildman–Crippen LogP) is 3.37. The molecule has 23 heavy (non-hydrogen) atoms. The third-order valence-electron chi connectivity index (χ3n) is 5.31. The maximum Gasteiger partial charge on any atom is 0.152 e. The van der Waals surface area contributed by atoms with Crippen LogP contribution < -0.4 is 0 Å². The number of piperidine rings is 1. The number of ether oxygens (including phenoxy) is 1. The summed E-state index contributed by atoms with van der Waals surface area (Å²) < 4.78 is 6.12. The Morgan fingerprint density at radius 3 is 2.78 bits per heavy atom. The van der Waals surface area contributed by atoms with Crippen molar-refractivity contribution in [2.24, 2.45) is 5.92 Å². The second kappa shape index (κ2) is 6.81. The van der Waals surface area contributed by atoms with Gasteiger partial charge in [-0.25, -0.2) is 0 Å². The standard InChI is InChI=1S/C20H25NO2/c1-3-12-21-14-18(22)17-13-20(21,4-2)11-10-19(17)23-15-16-8-6-5-7-9-16/h3-9,17,19H,1-2,10-15H2/t17-,19-,20+/m1/s1. The van der Waals surface area contributed by atoms with Crippen LogP contribution in [0.5, 0.6) is 0 Å². The Hall–Kier alpha value is -1.71. The summed E-state index contributed by atoms with van der Waals surface area (Å²) in [5.74, 6) is 0.286. The molecule has 1 aromatic carbocycles. The maximum absolute atomic E-state index is 12.6. The van der Waals surface area contributed by atoms with Crippen molar-refractivity contribution >= 4 is 5.78 Å². The Morgan fingerprint density at radius 1 is 1.30 bits per heavy atom. The van der Waals surface area contributed by atoms with Gasteiger partial charge in [-0.15, -0.1) is 13.2 Å². The van der Waals surface area contributed by atoms with Crippen LogP contribution in [-0.4, -0.2) is 35.4 Å². The molecular weight excluding hydrogens is 286 g/mol. The van der Waals surface area contributed by atoms with Crippen LogP contribution in [0.15, 0.2) is 55.6 Å². The number of hydrogen-bond acceptors (Lipinski definition) is 3. The molecule has 0 amide bonds. The molecule has 0 unspecified atom stereocenters. The summed E-state index contributed by atoms with van der Waals surface area (Å²) in [5.41, 5.74) is 1.09. The smallest absolute Gasteiger partial charge is 0.152 e. The van der Waals surface area contributed by atoms with Crippen molar-refractivity contribution in [2.45, 2.75) is 37.5 Å². The number of Topliss-reactive ketones (excluding diaryl/α,β-unsaturated/α-hetero) is 1. The lowest BCUT2D eigenvalue weighted by Gasteiger charge is -2.52. The van der Waals surface area contributed by atoms with Crippen molar-refractivity contribution in [1.82, 2.24) is 4.90 Å². The zero-order valence-corrected chi connectivity index (χ0v) is 13.6. The quantitative estimate of drug-likeness (QED) is 0.754. The van der Waals surface area contributed by atoms with Gasteiger partial charge in [0.1, 0.15) is 0 Å². The van der Waals surface area contributed by atoms with E-state index in [1.807, 2.05) is 30.4 Å². The molecule has 3 heteroatoms. The van der Waals surface area contributed by atoms with E-state index in [9.17, 15) is 4.79 Å². The van der Waals surface area contributed by atoms with Crippen LogP contribution in [0.25, 0.3) is 0 Å². The van der Waals surface area contributed by atoms with Crippen LogP contribution >= 0.6 is 0 Å².